The van der Waals surface area contributed by atoms with Crippen LogP contribution in [0.15, 0.2) is 54.9 Å². The van der Waals surface area contributed by atoms with E-state index >= 15 is 0 Å². The molecule has 9 heteroatoms. The maximum absolute atomic E-state index is 12.7. The molecule has 0 spiro atoms. The molecule has 2 aromatic heterocycles. The molecule has 170 valence electrons. The average molecular weight is 445 g/mol. The van der Waals surface area contributed by atoms with Crippen molar-refractivity contribution in [3.63, 3.8) is 0 Å². The van der Waals surface area contributed by atoms with Crippen molar-refractivity contribution in [2.45, 2.75) is 6.54 Å². The third-order valence-corrected chi connectivity index (χ3v) is 6.09. The van der Waals surface area contributed by atoms with Crippen LogP contribution in [-0.2, 0) is 13.6 Å². The van der Waals surface area contributed by atoms with E-state index in [9.17, 15) is 4.79 Å². The van der Waals surface area contributed by atoms with Gasteiger partial charge in [-0.25, -0.2) is 9.78 Å². The molecular weight excluding hydrogens is 416 g/mol. The summed E-state index contributed by atoms with van der Waals surface area (Å²) in [7, 11) is 4.01. The lowest BCUT2D eigenvalue weighted by molar-refractivity contribution is 0.148. The lowest BCUT2D eigenvalue weighted by Gasteiger charge is -2.32. The number of carbonyl (C=O) groups excluding carboxylic acids is 1. The zero-order valence-corrected chi connectivity index (χ0v) is 18.9. The standard InChI is InChI=1S/C24H28N8O/c1-30-10-12-32(13-11-30)15-18-8-9-19(23-22(18)25-16-26-23)27-24(33)28-21-14-20(31(2)29-21)17-6-4-3-5-7-17/h3-9,14,16H,10-13,15H2,1-2H3,(H,25,26)(H2,27,28,29,33). The number of amides is 2. The molecule has 0 unspecified atom stereocenters. The van der Waals surface area contributed by atoms with E-state index in [0.717, 1.165) is 60.6 Å². The summed E-state index contributed by atoms with van der Waals surface area (Å²) in [6.07, 6.45) is 1.67. The first-order valence-corrected chi connectivity index (χ1v) is 11.1. The fourth-order valence-electron chi connectivity index (χ4n) is 4.25. The van der Waals surface area contributed by atoms with E-state index in [0.29, 0.717) is 11.5 Å². The molecule has 1 aliphatic heterocycles. The molecular formula is C24H28N8O. The monoisotopic (exact) mass is 444 g/mol. The van der Waals surface area contributed by atoms with Crippen molar-refractivity contribution in [3.05, 3.63) is 60.4 Å². The Bertz CT molecular complexity index is 1250. The molecule has 0 aliphatic carbocycles. The number of carbonyl (C=O) groups is 1. The molecule has 1 fully saturated rings. The Hall–Kier alpha value is -3.69. The second-order valence-corrected chi connectivity index (χ2v) is 8.46. The molecule has 33 heavy (non-hydrogen) atoms. The Labute approximate surface area is 192 Å². The second-order valence-electron chi connectivity index (χ2n) is 8.46. The van der Waals surface area contributed by atoms with Crippen molar-refractivity contribution < 1.29 is 4.79 Å². The van der Waals surface area contributed by atoms with E-state index < -0.39 is 0 Å². The first-order chi connectivity index (χ1) is 16.1. The molecule has 0 saturated carbocycles. The molecule has 2 aromatic carbocycles. The zero-order valence-electron chi connectivity index (χ0n) is 18.9. The van der Waals surface area contributed by atoms with Crippen molar-refractivity contribution in [3.8, 4) is 11.3 Å². The Morgan fingerprint density at radius 3 is 2.61 bits per heavy atom. The molecule has 0 atom stereocenters. The predicted octanol–water partition coefficient (Wildman–Crippen LogP) is 3.35. The fourth-order valence-corrected chi connectivity index (χ4v) is 4.25. The number of fused-ring (bicyclic) bond motifs is 1. The van der Waals surface area contributed by atoms with E-state index in [-0.39, 0.29) is 6.03 Å². The predicted molar refractivity (Wildman–Crippen MR) is 130 cm³/mol. The summed E-state index contributed by atoms with van der Waals surface area (Å²) < 4.78 is 1.76. The van der Waals surface area contributed by atoms with Gasteiger partial charge >= 0.3 is 6.03 Å². The number of urea groups is 1. The van der Waals surface area contributed by atoms with Gasteiger partial charge in [0, 0.05) is 45.8 Å². The molecule has 3 heterocycles. The Balaban J connectivity index is 1.29. The summed E-state index contributed by atoms with van der Waals surface area (Å²) in [5.74, 6) is 0.487. The van der Waals surface area contributed by atoms with E-state index in [1.54, 1.807) is 11.0 Å². The molecule has 2 amide bonds. The van der Waals surface area contributed by atoms with Gasteiger partial charge in [-0.3, -0.25) is 14.9 Å². The smallest absolute Gasteiger partial charge is 0.324 e. The second kappa shape index (κ2) is 9.05. The van der Waals surface area contributed by atoms with E-state index in [1.807, 2.05) is 55.6 Å². The van der Waals surface area contributed by atoms with Crippen LogP contribution in [0, 0.1) is 0 Å². The summed E-state index contributed by atoms with van der Waals surface area (Å²) >= 11 is 0. The number of hydrogen-bond acceptors (Lipinski definition) is 5. The number of nitrogens with one attached hydrogen (secondary N) is 3. The maximum atomic E-state index is 12.7. The van der Waals surface area contributed by atoms with Crippen LogP contribution in [0.5, 0.6) is 0 Å². The van der Waals surface area contributed by atoms with Gasteiger partial charge in [-0.15, -0.1) is 0 Å². The minimum absolute atomic E-state index is 0.351. The highest BCUT2D eigenvalue weighted by molar-refractivity contribution is 6.04. The van der Waals surface area contributed by atoms with Crippen LogP contribution in [0.3, 0.4) is 0 Å². The average Bonchev–Trinajstić information content (AvgIpc) is 3.45. The third kappa shape index (κ3) is 4.59. The number of hydrogen-bond donors (Lipinski definition) is 3. The van der Waals surface area contributed by atoms with Crippen molar-refractivity contribution in [2.75, 3.05) is 43.9 Å². The van der Waals surface area contributed by atoms with E-state index in [4.69, 9.17) is 0 Å². The highest BCUT2D eigenvalue weighted by atomic mass is 16.2. The normalized spacial score (nSPS) is 15.1. The van der Waals surface area contributed by atoms with Gasteiger partial charge in [-0.05, 0) is 24.2 Å². The summed E-state index contributed by atoms with van der Waals surface area (Å²) in [6.45, 7) is 5.07. The molecule has 3 N–H and O–H groups in total. The third-order valence-electron chi connectivity index (χ3n) is 6.09. The van der Waals surface area contributed by atoms with Crippen molar-refractivity contribution in [1.82, 2.24) is 29.5 Å². The fraction of sp³-hybridized carbons (Fsp3) is 0.292. The van der Waals surface area contributed by atoms with Crippen LogP contribution in [0.1, 0.15) is 5.56 Å². The molecule has 0 radical (unpaired) electrons. The van der Waals surface area contributed by atoms with Crippen LogP contribution in [0.2, 0.25) is 0 Å². The number of benzene rings is 2. The lowest BCUT2D eigenvalue weighted by Crippen LogP contribution is -2.43. The summed E-state index contributed by atoms with van der Waals surface area (Å²) in [6, 6.07) is 15.4. The number of nitrogens with zero attached hydrogens (tertiary/aromatic N) is 5. The maximum Gasteiger partial charge on any atom is 0.324 e. The van der Waals surface area contributed by atoms with Crippen LogP contribution in [0.4, 0.5) is 16.3 Å². The van der Waals surface area contributed by atoms with Gasteiger partial charge in [-0.1, -0.05) is 36.4 Å². The van der Waals surface area contributed by atoms with Crippen molar-refractivity contribution >= 4 is 28.6 Å². The minimum atomic E-state index is -0.351. The number of anilines is 2. The Morgan fingerprint density at radius 2 is 1.82 bits per heavy atom. The number of rotatable bonds is 5. The van der Waals surface area contributed by atoms with Gasteiger partial charge in [-0.2, -0.15) is 5.10 Å². The zero-order chi connectivity index (χ0) is 22.8. The molecule has 1 saturated heterocycles. The van der Waals surface area contributed by atoms with Crippen LogP contribution in [0.25, 0.3) is 22.3 Å². The van der Waals surface area contributed by atoms with Gasteiger partial charge < -0.3 is 15.2 Å². The number of H-pyrrole nitrogens is 1. The van der Waals surface area contributed by atoms with Crippen molar-refractivity contribution in [1.29, 1.82) is 0 Å². The quantitative estimate of drug-likeness (QED) is 0.439. The first-order valence-electron chi connectivity index (χ1n) is 11.1. The topological polar surface area (TPSA) is 94.1 Å². The van der Waals surface area contributed by atoms with Gasteiger partial charge in [0.15, 0.2) is 5.82 Å². The largest absolute Gasteiger partial charge is 0.343 e. The van der Waals surface area contributed by atoms with E-state index in [1.165, 1.54) is 0 Å². The SMILES string of the molecule is CN1CCN(Cc2ccc(NC(=O)Nc3cc(-c4ccccc4)n(C)n3)c3[nH]cnc23)CC1. The highest BCUT2D eigenvalue weighted by Gasteiger charge is 2.18. The number of likely N-dealkylation sites (N-methyl/N-ethyl adjacent to an activating group) is 1. The first kappa shape index (κ1) is 21.2. The minimum Gasteiger partial charge on any atom is -0.343 e. The molecule has 4 aromatic rings. The van der Waals surface area contributed by atoms with Crippen LogP contribution in [-0.4, -0.2) is 68.8 Å². The Morgan fingerprint density at radius 1 is 1.03 bits per heavy atom. The number of piperazine rings is 1. The Kier molecular flexibility index (Phi) is 5.80. The number of aryl methyl sites for hydroxylation is 1. The molecule has 1 aliphatic rings. The summed E-state index contributed by atoms with van der Waals surface area (Å²) in [5, 5.41) is 10.2. The number of aromatic amines is 1. The molecule has 5 rings (SSSR count). The number of aromatic nitrogens is 4. The van der Waals surface area contributed by atoms with E-state index in [2.05, 4.69) is 42.5 Å². The summed E-state index contributed by atoms with van der Waals surface area (Å²) in [5.41, 5.74) is 5.50. The van der Waals surface area contributed by atoms with Gasteiger partial charge in [0.2, 0.25) is 0 Å². The van der Waals surface area contributed by atoms with Crippen LogP contribution >= 0.6 is 0 Å². The molecule has 0 bridgehead atoms. The van der Waals surface area contributed by atoms with Gasteiger partial charge in [0.25, 0.3) is 0 Å². The van der Waals surface area contributed by atoms with Crippen molar-refractivity contribution in [2.24, 2.45) is 7.05 Å². The summed E-state index contributed by atoms with van der Waals surface area (Å²) in [4.78, 5) is 25.2. The van der Waals surface area contributed by atoms with Crippen LogP contribution < -0.4 is 10.6 Å². The van der Waals surface area contributed by atoms with Gasteiger partial charge in [0.05, 0.1) is 28.7 Å². The van der Waals surface area contributed by atoms with Gasteiger partial charge in [0.1, 0.15) is 0 Å². The molecule has 9 nitrogen and oxygen atoms in total. The highest BCUT2D eigenvalue weighted by Crippen LogP contribution is 2.26. The lowest BCUT2D eigenvalue weighted by atomic mass is 10.1. The number of imidazole rings is 1.